The lowest BCUT2D eigenvalue weighted by Gasteiger charge is -2.09. The van der Waals surface area contributed by atoms with Crippen LogP contribution in [0.15, 0.2) is 30.6 Å². The summed E-state index contributed by atoms with van der Waals surface area (Å²) >= 11 is 0. The zero-order valence-electron chi connectivity index (χ0n) is 12.7. The van der Waals surface area contributed by atoms with Gasteiger partial charge in [-0.3, -0.25) is 4.98 Å². The molecule has 0 bridgehead atoms. The maximum Gasteiger partial charge on any atom is 0.218 e. The summed E-state index contributed by atoms with van der Waals surface area (Å²) in [5.74, 6) is 2.18. The second-order valence-electron chi connectivity index (χ2n) is 4.87. The highest BCUT2D eigenvalue weighted by Crippen LogP contribution is 2.14. The predicted molar refractivity (Wildman–Crippen MR) is 83.6 cm³/mol. The second-order valence-corrected chi connectivity index (χ2v) is 4.87. The molecule has 5 heteroatoms. The van der Waals surface area contributed by atoms with E-state index in [4.69, 9.17) is 4.74 Å². The number of rotatable bonds is 8. The van der Waals surface area contributed by atoms with Crippen LogP contribution in [0.2, 0.25) is 0 Å². The van der Waals surface area contributed by atoms with Crippen LogP contribution in [0.4, 0.5) is 5.82 Å². The van der Waals surface area contributed by atoms with Crippen molar-refractivity contribution in [2.45, 2.75) is 33.1 Å². The van der Waals surface area contributed by atoms with Crippen molar-refractivity contribution in [3.8, 4) is 5.88 Å². The van der Waals surface area contributed by atoms with Gasteiger partial charge in [-0.05, 0) is 43.9 Å². The highest BCUT2D eigenvalue weighted by atomic mass is 16.5. The van der Waals surface area contributed by atoms with Crippen LogP contribution in [-0.2, 0) is 6.42 Å². The smallest absolute Gasteiger partial charge is 0.218 e. The molecule has 0 aliphatic heterocycles. The predicted octanol–water partition coefficient (Wildman–Crippen LogP) is 3.01. The Hall–Kier alpha value is -2.17. The van der Waals surface area contributed by atoms with Crippen molar-refractivity contribution in [3.63, 3.8) is 0 Å². The summed E-state index contributed by atoms with van der Waals surface area (Å²) in [7, 11) is 0. The molecule has 0 amide bonds. The molecule has 0 fully saturated rings. The first-order chi connectivity index (χ1) is 10.3. The minimum atomic E-state index is 0.635. The molecule has 0 aliphatic carbocycles. The Bertz CT molecular complexity index is 545. The van der Waals surface area contributed by atoms with E-state index in [0.717, 1.165) is 37.4 Å². The minimum Gasteiger partial charge on any atom is -0.478 e. The normalized spacial score (nSPS) is 10.4. The van der Waals surface area contributed by atoms with Crippen molar-refractivity contribution in [2.24, 2.45) is 0 Å². The number of aromatic nitrogens is 3. The van der Waals surface area contributed by atoms with Gasteiger partial charge in [0.15, 0.2) is 0 Å². The van der Waals surface area contributed by atoms with Crippen molar-refractivity contribution in [1.29, 1.82) is 0 Å². The van der Waals surface area contributed by atoms with E-state index in [-0.39, 0.29) is 0 Å². The van der Waals surface area contributed by atoms with E-state index >= 15 is 0 Å². The third-order valence-electron chi connectivity index (χ3n) is 2.98. The minimum absolute atomic E-state index is 0.635. The van der Waals surface area contributed by atoms with Gasteiger partial charge in [-0.15, -0.1) is 0 Å². The molecule has 2 aromatic rings. The summed E-state index contributed by atoms with van der Waals surface area (Å²) in [6, 6.07) is 5.91. The van der Waals surface area contributed by atoms with Gasteiger partial charge in [0.25, 0.3) is 0 Å². The molecule has 0 saturated heterocycles. The number of pyridine rings is 1. The molecule has 0 saturated carbocycles. The van der Waals surface area contributed by atoms with Crippen molar-refractivity contribution in [2.75, 3.05) is 18.5 Å². The summed E-state index contributed by atoms with van der Waals surface area (Å²) < 4.78 is 5.72. The number of nitrogens with zero attached hydrogens (tertiary/aromatic N) is 3. The number of hydrogen-bond donors (Lipinski definition) is 1. The lowest BCUT2D eigenvalue weighted by Crippen LogP contribution is -2.06. The van der Waals surface area contributed by atoms with E-state index in [2.05, 4.69) is 27.2 Å². The Balaban J connectivity index is 1.81. The summed E-state index contributed by atoms with van der Waals surface area (Å²) in [6.07, 6.45) is 6.62. The van der Waals surface area contributed by atoms with E-state index in [1.165, 1.54) is 5.56 Å². The molecule has 21 heavy (non-hydrogen) atoms. The highest BCUT2D eigenvalue weighted by Gasteiger charge is 2.02. The quantitative estimate of drug-likeness (QED) is 0.756. The lowest BCUT2D eigenvalue weighted by molar-refractivity contribution is 0.298. The van der Waals surface area contributed by atoms with Crippen molar-refractivity contribution in [3.05, 3.63) is 42.0 Å². The Morgan fingerprint density at radius 3 is 2.76 bits per heavy atom. The largest absolute Gasteiger partial charge is 0.478 e. The SMILES string of the molecule is CCCNc1cc(OCCCc2ccncc2)nc(C)n1. The standard InChI is InChI=1S/C16H22N4O/c1-3-8-18-15-12-16(20-13(2)19-15)21-11-4-5-14-6-9-17-10-7-14/h6-7,9-10,12H,3-5,8,11H2,1-2H3,(H,18,19,20). The van der Waals surface area contributed by atoms with Gasteiger partial charge in [0.1, 0.15) is 11.6 Å². The first-order valence-electron chi connectivity index (χ1n) is 7.39. The molecule has 0 aliphatic rings. The van der Waals surface area contributed by atoms with Crippen LogP contribution < -0.4 is 10.1 Å². The molecule has 2 heterocycles. The Labute approximate surface area is 125 Å². The topological polar surface area (TPSA) is 59.9 Å². The summed E-state index contributed by atoms with van der Waals surface area (Å²) in [6.45, 7) is 5.54. The lowest BCUT2D eigenvalue weighted by atomic mass is 10.1. The van der Waals surface area contributed by atoms with Crippen LogP contribution >= 0.6 is 0 Å². The first kappa shape index (κ1) is 15.2. The van der Waals surface area contributed by atoms with E-state index < -0.39 is 0 Å². The molecule has 0 unspecified atom stereocenters. The second kappa shape index (κ2) is 8.19. The van der Waals surface area contributed by atoms with Crippen molar-refractivity contribution < 1.29 is 4.74 Å². The van der Waals surface area contributed by atoms with E-state index in [1.54, 1.807) is 0 Å². The number of anilines is 1. The number of ether oxygens (including phenoxy) is 1. The Morgan fingerprint density at radius 2 is 2.00 bits per heavy atom. The van der Waals surface area contributed by atoms with Crippen LogP contribution in [0.5, 0.6) is 5.88 Å². The molecule has 112 valence electrons. The molecule has 1 N–H and O–H groups in total. The molecular formula is C16H22N4O. The van der Waals surface area contributed by atoms with E-state index in [1.807, 2.05) is 37.5 Å². The fourth-order valence-corrected chi connectivity index (χ4v) is 1.96. The third-order valence-corrected chi connectivity index (χ3v) is 2.98. The molecule has 0 spiro atoms. The third kappa shape index (κ3) is 5.38. The summed E-state index contributed by atoms with van der Waals surface area (Å²) in [4.78, 5) is 12.7. The van der Waals surface area contributed by atoms with Gasteiger partial charge in [0, 0.05) is 25.0 Å². The van der Waals surface area contributed by atoms with Crippen LogP contribution in [0.1, 0.15) is 31.2 Å². The molecule has 0 atom stereocenters. The zero-order chi connectivity index (χ0) is 14.9. The highest BCUT2D eigenvalue weighted by molar-refractivity contribution is 5.38. The molecule has 0 radical (unpaired) electrons. The van der Waals surface area contributed by atoms with Gasteiger partial charge >= 0.3 is 0 Å². The summed E-state index contributed by atoms with van der Waals surface area (Å²) in [5.41, 5.74) is 1.28. The molecule has 0 aromatic carbocycles. The molecular weight excluding hydrogens is 264 g/mol. The average molecular weight is 286 g/mol. The van der Waals surface area contributed by atoms with Gasteiger partial charge in [0.2, 0.25) is 5.88 Å². The van der Waals surface area contributed by atoms with Gasteiger partial charge in [-0.2, -0.15) is 4.98 Å². The summed E-state index contributed by atoms with van der Waals surface area (Å²) in [5, 5.41) is 3.25. The monoisotopic (exact) mass is 286 g/mol. The fourth-order valence-electron chi connectivity index (χ4n) is 1.96. The van der Waals surface area contributed by atoms with Crippen molar-refractivity contribution in [1.82, 2.24) is 15.0 Å². The molecule has 5 nitrogen and oxygen atoms in total. The van der Waals surface area contributed by atoms with Gasteiger partial charge < -0.3 is 10.1 Å². The zero-order valence-corrected chi connectivity index (χ0v) is 12.7. The number of aryl methyl sites for hydroxylation is 2. The molecule has 2 aromatic heterocycles. The Kier molecular flexibility index (Phi) is 5.94. The number of nitrogens with one attached hydrogen (secondary N) is 1. The van der Waals surface area contributed by atoms with Crippen LogP contribution in [-0.4, -0.2) is 28.1 Å². The Morgan fingerprint density at radius 1 is 1.19 bits per heavy atom. The van der Waals surface area contributed by atoms with Crippen molar-refractivity contribution >= 4 is 5.82 Å². The average Bonchev–Trinajstić information content (AvgIpc) is 2.50. The fraction of sp³-hybridized carbons (Fsp3) is 0.438. The van der Waals surface area contributed by atoms with Gasteiger partial charge in [-0.1, -0.05) is 6.92 Å². The number of hydrogen-bond acceptors (Lipinski definition) is 5. The first-order valence-corrected chi connectivity index (χ1v) is 7.39. The van der Waals surface area contributed by atoms with Gasteiger partial charge in [-0.25, -0.2) is 4.98 Å². The molecule has 2 rings (SSSR count). The maximum atomic E-state index is 5.72. The van der Waals surface area contributed by atoms with Crippen LogP contribution in [0.25, 0.3) is 0 Å². The van der Waals surface area contributed by atoms with Crippen LogP contribution in [0, 0.1) is 6.92 Å². The van der Waals surface area contributed by atoms with E-state index in [9.17, 15) is 0 Å². The van der Waals surface area contributed by atoms with Crippen LogP contribution in [0.3, 0.4) is 0 Å². The van der Waals surface area contributed by atoms with Gasteiger partial charge in [0.05, 0.1) is 6.61 Å². The maximum absolute atomic E-state index is 5.72. The van der Waals surface area contributed by atoms with E-state index in [0.29, 0.717) is 12.5 Å².